The molecule has 3 rings (SSSR count). The summed E-state index contributed by atoms with van der Waals surface area (Å²) in [7, 11) is 0. The molecule has 1 aromatic carbocycles. The molecule has 0 saturated carbocycles. The molecule has 0 spiro atoms. The zero-order valence-corrected chi connectivity index (χ0v) is 11.3. The van der Waals surface area contributed by atoms with Crippen LogP contribution in [0, 0.1) is 11.3 Å². The van der Waals surface area contributed by atoms with E-state index >= 15 is 0 Å². The second kappa shape index (κ2) is 5.85. The molecule has 0 radical (unpaired) electrons. The van der Waals surface area contributed by atoms with Crippen molar-refractivity contribution < 1.29 is 0 Å². The van der Waals surface area contributed by atoms with Crippen molar-refractivity contribution in [3.63, 3.8) is 0 Å². The highest BCUT2D eigenvalue weighted by atomic mass is 15.3. The molecular formula is C15H17N5. The maximum atomic E-state index is 8.98. The van der Waals surface area contributed by atoms with Gasteiger partial charge in [-0.1, -0.05) is 18.6 Å². The number of hydrogen-bond acceptors (Lipinski definition) is 4. The zero-order chi connectivity index (χ0) is 13.8. The molecule has 2 aromatic rings. The molecule has 2 heterocycles. The second-order valence-corrected chi connectivity index (χ2v) is 5.16. The van der Waals surface area contributed by atoms with Crippen LogP contribution in [0.4, 0.5) is 0 Å². The molecule has 1 N–H and O–H groups in total. The van der Waals surface area contributed by atoms with Gasteiger partial charge in [0, 0.05) is 6.54 Å². The minimum Gasteiger partial charge on any atom is -0.289 e. The van der Waals surface area contributed by atoms with E-state index < -0.39 is 0 Å². The number of aromatic nitrogens is 3. The molecule has 0 amide bonds. The van der Waals surface area contributed by atoms with E-state index in [1.54, 1.807) is 6.33 Å². The Labute approximate surface area is 118 Å². The number of nitrogens with zero attached hydrogens (tertiary/aromatic N) is 4. The standard InChI is InChI=1S/C15H17N5/c16-9-12-4-3-5-13(8-12)10-20-7-2-1-6-14(20)15-17-11-18-19-15/h3-5,8,11,14H,1-2,6-7,10H2,(H,17,18,19). The molecule has 1 atom stereocenters. The van der Waals surface area contributed by atoms with E-state index in [0.29, 0.717) is 6.04 Å². The van der Waals surface area contributed by atoms with Gasteiger partial charge in [0.15, 0.2) is 0 Å². The first-order chi connectivity index (χ1) is 9.86. The number of likely N-dealkylation sites (tertiary alicyclic amines) is 1. The number of nitriles is 1. The molecule has 1 fully saturated rings. The normalized spacial score (nSPS) is 19.6. The number of rotatable bonds is 3. The van der Waals surface area contributed by atoms with Crippen LogP contribution < -0.4 is 0 Å². The van der Waals surface area contributed by atoms with E-state index in [9.17, 15) is 0 Å². The lowest BCUT2D eigenvalue weighted by molar-refractivity contribution is 0.134. The van der Waals surface area contributed by atoms with Crippen molar-refractivity contribution in [2.75, 3.05) is 6.54 Å². The average Bonchev–Trinajstić information content (AvgIpc) is 3.02. The van der Waals surface area contributed by atoms with E-state index in [2.05, 4.69) is 32.2 Å². The Morgan fingerprint density at radius 2 is 2.35 bits per heavy atom. The Morgan fingerprint density at radius 3 is 3.15 bits per heavy atom. The van der Waals surface area contributed by atoms with Gasteiger partial charge in [-0.15, -0.1) is 0 Å². The lowest BCUT2D eigenvalue weighted by atomic mass is 10.0. The van der Waals surface area contributed by atoms with Crippen LogP contribution in [0.3, 0.4) is 0 Å². The summed E-state index contributed by atoms with van der Waals surface area (Å²) in [6.07, 6.45) is 5.11. The van der Waals surface area contributed by atoms with Gasteiger partial charge in [0.2, 0.25) is 0 Å². The summed E-state index contributed by atoms with van der Waals surface area (Å²) in [6.45, 7) is 1.91. The fourth-order valence-corrected chi connectivity index (χ4v) is 2.84. The van der Waals surface area contributed by atoms with E-state index in [-0.39, 0.29) is 0 Å². The van der Waals surface area contributed by atoms with Gasteiger partial charge in [-0.3, -0.25) is 10.00 Å². The molecule has 5 heteroatoms. The molecule has 0 bridgehead atoms. The highest BCUT2D eigenvalue weighted by molar-refractivity contribution is 5.32. The number of piperidine rings is 1. The van der Waals surface area contributed by atoms with Crippen molar-refractivity contribution in [3.05, 3.63) is 47.5 Å². The van der Waals surface area contributed by atoms with Crippen LogP contribution in [0.5, 0.6) is 0 Å². The van der Waals surface area contributed by atoms with Crippen LogP contribution in [-0.2, 0) is 6.54 Å². The number of hydrogen-bond donors (Lipinski definition) is 1. The molecule has 1 aliphatic rings. The van der Waals surface area contributed by atoms with Gasteiger partial charge in [0.1, 0.15) is 12.2 Å². The van der Waals surface area contributed by atoms with Gasteiger partial charge in [-0.05, 0) is 37.1 Å². The smallest absolute Gasteiger partial charge is 0.141 e. The third-order valence-corrected chi connectivity index (χ3v) is 3.80. The average molecular weight is 267 g/mol. The van der Waals surface area contributed by atoms with Crippen molar-refractivity contribution in [1.82, 2.24) is 20.1 Å². The van der Waals surface area contributed by atoms with Gasteiger partial charge >= 0.3 is 0 Å². The van der Waals surface area contributed by atoms with Crippen LogP contribution in [0.15, 0.2) is 30.6 Å². The van der Waals surface area contributed by atoms with E-state index in [0.717, 1.165) is 30.9 Å². The summed E-state index contributed by atoms with van der Waals surface area (Å²) >= 11 is 0. The predicted molar refractivity (Wildman–Crippen MR) is 74.5 cm³/mol. The van der Waals surface area contributed by atoms with Gasteiger partial charge in [-0.25, -0.2) is 4.98 Å². The fraction of sp³-hybridized carbons (Fsp3) is 0.400. The van der Waals surface area contributed by atoms with E-state index in [4.69, 9.17) is 5.26 Å². The summed E-state index contributed by atoms with van der Waals surface area (Å²) in [6, 6.07) is 10.3. The summed E-state index contributed by atoms with van der Waals surface area (Å²) in [5, 5.41) is 15.9. The number of benzene rings is 1. The first kappa shape index (κ1) is 12.8. The first-order valence-electron chi connectivity index (χ1n) is 6.95. The zero-order valence-electron chi connectivity index (χ0n) is 11.3. The molecule has 20 heavy (non-hydrogen) atoms. The van der Waals surface area contributed by atoms with Crippen molar-refractivity contribution in [2.45, 2.75) is 31.8 Å². The molecule has 1 aromatic heterocycles. The minimum absolute atomic E-state index is 0.303. The van der Waals surface area contributed by atoms with Gasteiger partial charge < -0.3 is 0 Å². The van der Waals surface area contributed by atoms with Gasteiger partial charge in [0.25, 0.3) is 0 Å². The third-order valence-electron chi connectivity index (χ3n) is 3.80. The van der Waals surface area contributed by atoms with Gasteiger partial charge in [0.05, 0.1) is 17.7 Å². The highest BCUT2D eigenvalue weighted by Gasteiger charge is 2.25. The summed E-state index contributed by atoms with van der Waals surface area (Å²) in [5.74, 6) is 0.945. The van der Waals surface area contributed by atoms with Crippen LogP contribution in [0.1, 0.15) is 42.3 Å². The van der Waals surface area contributed by atoms with Crippen molar-refractivity contribution in [1.29, 1.82) is 5.26 Å². The second-order valence-electron chi connectivity index (χ2n) is 5.16. The van der Waals surface area contributed by atoms with Crippen molar-refractivity contribution in [3.8, 4) is 6.07 Å². The molecule has 1 aliphatic heterocycles. The van der Waals surface area contributed by atoms with Gasteiger partial charge in [-0.2, -0.15) is 10.4 Å². The lowest BCUT2D eigenvalue weighted by Crippen LogP contribution is -2.33. The molecule has 102 valence electrons. The van der Waals surface area contributed by atoms with Crippen LogP contribution in [0.2, 0.25) is 0 Å². The molecular weight excluding hydrogens is 250 g/mol. The van der Waals surface area contributed by atoms with E-state index in [1.807, 2.05) is 18.2 Å². The monoisotopic (exact) mass is 267 g/mol. The number of nitrogens with one attached hydrogen (secondary N) is 1. The maximum absolute atomic E-state index is 8.98. The number of H-pyrrole nitrogens is 1. The Hall–Kier alpha value is -2.19. The van der Waals surface area contributed by atoms with Crippen molar-refractivity contribution in [2.24, 2.45) is 0 Å². The third kappa shape index (κ3) is 2.70. The summed E-state index contributed by atoms with van der Waals surface area (Å²) < 4.78 is 0. The Bertz CT molecular complexity index is 599. The molecule has 1 saturated heterocycles. The Balaban J connectivity index is 1.78. The molecule has 5 nitrogen and oxygen atoms in total. The summed E-state index contributed by atoms with van der Waals surface area (Å²) in [5.41, 5.74) is 1.89. The minimum atomic E-state index is 0.303. The predicted octanol–water partition coefficient (Wildman–Crippen LogP) is 2.40. The maximum Gasteiger partial charge on any atom is 0.141 e. The van der Waals surface area contributed by atoms with E-state index in [1.165, 1.54) is 18.4 Å². The SMILES string of the molecule is N#Cc1cccc(CN2CCCCC2c2ncn[nH]2)c1. The largest absolute Gasteiger partial charge is 0.289 e. The van der Waals surface area contributed by atoms with Crippen LogP contribution >= 0.6 is 0 Å². The highest BCUT2D eigenvalue weighted by Crippen LogP contribution is 2.29. The lowest BCUT2D eigenvalue weighted by Gasteiger charge is -2.34. The Kier molecular flexibility index (Phi) is 3.75. The first-order valence-corrected chi connectivity index (χ1v) is 6.95. The van der Waals surface area contributed by atoms with Crippen LogP contribution in [-0.4, -0.2) is 26.6 Å². The topological polar surface area (TPSA) is 68.6 Å². The summed E-state index contributed by atoms with van der Waals surface area (Å²) in [4.78, 5) is 6.72. The number of aromatic amines is 1. The Morgan fingerprint density at radius 1 is 1.40 bits per heavy atom. The van der Waals surface area contributed by atoms with Crippen LogP contribution in [0.25, 0.3) is 0 Å². The van der Waals surface area contributed by atoms with Crippen molar-refractivity contribution >= 4 is 0 Å². The molecule has 1 unspecified atom stereocenters. The quantitative estimate of drug-likeness (QED) is 0.927. The fourth-order valence-electron chi connectivity index (χ4n) is 2.84. The molecule has 0 aliphatic carbocycles.